The first kappa shape index (κ1) is 19.1. The lowest BCUT2D eigenvalue weighted by Gasteiger charge is -2.12. The van der Waals surface area contributed by atoms with Crippen molar-refractivity contribution in [1.82, 2.24) is 5.32 Å². The summed E-state index contributed by atoms with van der Waals surface area (Å²) < 4.78 is 15.2. The van der Waals surface area contributed by atoms with Gasteiger partial charge in [0.05, 0.1) is 24.8 Å². The van der Waals surface area contributed by atoms with Gasteiger partial charge in [-0.05, 0) is 24.5 Å². The van der Waals surface area contributed by atoms with E-state index >= 15 is 0 Å². The number of carbonyl (C=O) groups is 2. The maximum Gasteiger partial charge on any atom is 0.338 e. The Kier molecular flexibility index (Phi) is 7.68. The predicted molar refractivity (Wildman–Crippen MR) is 87.3 cm³/mol. The second-order valence-electron chi connectivity index (χ2n) is 5.30. The molecule has 0 aliphatic heterocycles. The minimum Gasteiger partial charge on any atom is -0.493 e. The van der Waals surface area contributed by atoms with Gasteiger partial charge in [-0.3, -0.25) is 4.79 Å². The fraction of sp³-hybridized carbons (Fsp3) is 0.500. The number of methoxy groups -OCH3 is 2. The van der Waals surface area contributed by atoms with E-state index in [4.69, 9.17) is 25.8 Å². The minimum atomic E-state index is -0.660. The highest BCUT2D eigenvalue weighted by Crippen LogP contribution is 2.36. The van der Waals surface area contributed by atoms with E-state index in [2.05, 4.69) is 19.2 Å². The molecular weight excluding hydrogens is 322 g/mol. The van der Waals surface area contributed by atoms with Gasteiger partial charge in [0, 0.05) is 6.54 Å². The van der Waals surface area contributed by atoms with Crippen molar-refractivity contribution in [2.75, 3.05) is 27.4 Å². The zero-order valence-electron chi connectivity index (χ0n) is 13.8. The van der Waals surface area contributed by atoms with Crippen LogP contribution in [-0.4, -0.2) is 39.2 Å². The summed E-state index contributed by atoms with van der Waals surface area (Å²) in [5, 5.41) is 2.91. The largest absolute Gasteiger partial charge is 0.493 e. The second-order valence-corrected chi connectivity index (χ2v) is 5.71. The Labute approximate surface area is 141 Å². The van der Waals surface area contributed by atoms with Crippen LogP contribution >= 0.6 is 11.6 Å². The van der Waals surface area contributed by atoms with Crippen molar-refractivity contribution < 1.29 is 23.8 Å². The summed E-state index contributed by atoms with van der Waals surface area (Å²) in [5.41, 5.74) is 0.183. The quantitative estimate of drug-likeness (QED) is 0.734. The van der Waals surface area contributed by atoms with Crippen molar-refractivity contribution in [3.8, 4) is 11.5 Å². The number of hydrogen-bond acceptors (Lipinski definition) is 5. The molecule has 0 atom stereocenters. The first-order valence-electron chi connectivity index (χ1n) is 7.24. The third kappa shape index (κ3) is 5.98. The molecule has 0 fully saturated rings. The predicted octanol–water partition coefficient (Wildman–Crippen LogP) is 2.68. The molecule has 1 aromatic rings. The number of rotatable bonds is 8. The van der Waals surface area contributed by atoms with E-state index in [1.165, 1.54) is 26.4 Å². The third-order valence-electron chi connectivity index (χ3n) is 3.05. The second kappa shape index (κ2) is 9.25. The van der Waals surface area contributed by atoms with Crippen LogP contribution in [0.25, 0.3) is 0 Å². The molecule has 0 unspecified atom stereocenters. The number of carbonyl (C=O) groups excluding carboxylic acids is 2. The first-order chi connectivity index (χ1) is 10.9. The Morgan fingerprint density at radius 1 is 1.22 bits per heavy atom. The van der Waals surface area contributed by atoms with Crippen molar-refractivity contribution in [3.05, 3.63) is 22.7 Å². The van der Waals surface area contributed by atoms with Gasteiger partial charge in [-0.15, -0.1) is 0 Å². The zero-order valence-corrected chi connectivity index (χ0v) is 14.5. The lowest BCUT2D eigenvalue weighted by molar-refractivity contribution is -0.124. The molecule has 128 valence electrons. The van der Waals surface area contributed by atoms with Crippen molar-refractivity contribution in [2.24, 2.45) is 5.92 Å². The Balaban J connectivity index is 2.61. The van der Waals surface area contributed by atoms with E-state index < -0.39 is 5.97 Å². The van der Waals surface area contributed by atoms with Gasteiger partial charge in [0.15, 0.2) is 18.1 Å². The number of amides is 1. The summed E-state index contributed by atoms with van der Waals surface area (Å²) in [7, 11) is 2.88. The molecule has 1 rings (SSSR count). The van der Waals surface area contributed by atoms with E-state index in [-0.39, 0.29) is 23.1 Å². The molecule has 0 aromatic heterocycles. The summed E-state index contributed by atoms with van der Waals surface area (Å²) >= 11 is 6.03. The van der Waals surface area contributed by atoms with Gasteiger partial charge in [-0.1, -0.05) is 25.4 Å². The zero-order chi connectivity index (χ0) is 17.4. The number of halogens is 1. The molecule has 0 saturated carbocycles. The SMILES string of the molecule is COc1cc(C(=O)OCC(=O)NCCC(C)C)cc(Cl)c1OC. The number of hydrogen-bond donors (Lipinski definition) is 1. The lowest BCUT2D eigenvalue weighted by atomic mass is 10.1. The van der Waals surface area contributed by atoms with Gasteiger partial charge in [-0.25, -0.2) is 4.79 Å². The van der Waals surface area contributed by atoms with Crippen molar-refractivity contribution in [3.63, 3.8) is 0 Å². The Bertz CT molecular complexity index is 560. The molecule has 0 aliphatic carbocycles. The van der Waals surface area contributed by atoms with Crippen LogP contribution in [-0.2, 0) is 9.53 Å². The van der Waals surface area contributed by atoms with Crippen LogP contribution in [0.3, 0.4) is 0 Å². The summed E-state index contributed by atoms with van der Waals surface area (Å²) in [4.78, 5) is 23.6. The molecule has 0 spiro atoms. The number of nitrogens with one attached hydrogen (secondary N) is 1. The number of ether oxygens (including phenoxy) is 3. The van der Waals surface area contributed by atoms with Gasteiger partial charge in [0.25, 0.3) is 5.91 Å². The summed E-state index contributed by atoms with van der Waals surface area (Å²) in [5.74, 6) is 0.134. The maximum absolute atomic E-state index is 12.0. The van der Waals surface area contributed by atoms with E-state index in [1.807, 2.05) is 0 Å². The molecule has 0 bridgehead atoms. The van der Waals surface area contributed by atoms with Crippen molar-refractivity contribution in [2.45, 2.75) is 20.3 Å². The molecule has 23 heavy (non-hydrogen) atoms. The summed E-state index contributed by atoms with van der Waals surface area (Å²) in [6.07, 6.45) is 0.866. The molecule has 0 aliphatic rings. The number of benzene rings is 1. The van der Waals surface area contributed by atoms with Gasteiger partial charge in [0.2, 0.25) is 0 Å². The Morgan fingerprint density at radius 3 is 2.48 bits per heavy atom. The molecular formula is C16H22ClNO5. The van der Waals surface area contributed by atoms with Crippen LogP contribution < -0.4 is 14.8 Å². The van der Waals surface area contributed by atoms with Gasteiger partial charge in [0.1, 0.15) is 0 Å². The lowest BCUT2D eigenvalue weighted by Crippen LogP contribution is -2.30. The minimum absolute atomic E-state index is 0.183. The fourth-order valence-electron chi connectivity index (χ4n) is 1.80. The average molecular weight is 344 g/mol. The normalized spacial score (nSPS) is 10.3. The Morgan fingerprint density at radius 2 is 1.91 bits per heavy atom. The van der Waals surface area contributed by atoms with Crippen LogP contribution in [0.15, 0.2) is 12.1 Å². The van der Waals surface area contributed by atoms with Gasteiger partial charge in [-0.2, -0.15) is 0 Å². The van der Waals surface area contributed by atoms with E-state index in [9.17, 15) is 9.59 Å². The highest BCUT2D eigenvalue weighted by molar-refractivity contribution is 6.32. The first-order valence-corrected chi connectivity index (χ1v) is 7.62. The molecule has 0 heterocycles. The van der Waals surface area contributed by atoms with Gasteiger partial charge >= 0.3 is 5.97 Å². The van der Waals surface area contributed by atoms with Crippen LogP contribution in [0, 0.1) is 5.92 Å². The molecule has 7 heteroatoms. The van der Waals surface area contributed by atoms with Crippen LogP contribution in [0.4, 0.5) is 0 Å². The molecule has 1 N–H and O–H groups in total. The Hall–Kier alpha value is -1.95. The summed E-state index contributed by atoms with van der Waals surface area (Å²) in [6.45, 7) is 4.33. The molecule has 6 nitrogen and oxygen atoms in total. The smallest absolute Gasteiger partial charge is 0.338 e. The van der Waals surface area contributed by atoms with E-state index in [1.54, 1.807) is 0 Å². The fourth-order valence-corrected chi connectivity index (χ4v) is 2.09. The number of esters is 1. The van der Waals surface area contributed by atoms with Crippen molar-refractivity contribution >= 4 is 23.5 Å². The molecule has 1 aromatic carbocycles. The maximum atomic E-state index is 12.0. The third-order valence-corrected chi connectivity index (χ3v) is 3.33. The summed E-state index contributed by atoms with van der Waals surface area (Å²) in [6, 6.07) is 2.85. The van der Waals surface area contributed by atoms with Crippen molar-refractivity contribution in [1.29, 1.82) is 0 Å². The molecule has 0 saturated heterocycles. The molecule has 1 amide bonds. The van der Waals surface area contributed by atoms with Gasteiger partial charge < -0.3 is 19.5 Å². The standard InChI is InChI=1S/C16H22ClNO5/c1-10(2)5-6-18-14(19)9-23-16(20)11-7-12(17)15(22-4)13(8-11)21-3/h7-8,10H,5-6,9H2,1-4H3,(H,18,19). The highest BCUT2D eigenvalue weighted by Gasteiger charge is 2.17. The average Bonchev–Trinajstić information content (AvgIpc) is 2.51. The monoisotopic (exact) mass is 343 g/mol. The topological polar surface area (TPSA) is 73.9 Å². The van der Waals surface area contributed by atoms with E-state index in [0.29, 0.717) is 24.0 Å². The van der Waals surface area contributed by atoms with Crippen LogP contribution in [0.5, 0.6) is 11.5 Å². The molecule has 0 radical (unpaired) electrons. The van der Waals surface area contributed by atoms with E-state index in [0.717, 1.165) is 6.42 Å². The van der Waals surface area contributed by atoms with Crippen LogP contribution in [0.2, 0.25) is 5.02 Å². The highest BCUT2D eigenvalue weighted by atomic mass is 35.5. The van der Waals surface area contributed by atoms with Crippen LogP contribution in [0.1, 0.15) is 30.6 Å².